The predicted octanol–water partition coefficient (Wildman–Crippen LogP) is 1.58. The van der Waals surface area contributed by atoms with Gasteiger partial charge in [-0.3, -0.25) is 4.79 Å². The molecule has 9 heteroatoms. The van der Waals surface area contributed by atoms with E-state index in [0.717, 1.165) is 5.56 Å². The number of sulfonamides is 1. The van der Waals surface area contributed by atoms with Crippen LogP contribution in [0.25, 0.3) is 6.08 Å². The average molecular weight is 445 g/mol. The molecular weight excluding hydrogens is 420 g/mol. The first kappa shape index (κ1) is 22.7. The van der Waals surface area contributed by atoms with Crippen molar-refractivity contribution in [3.05, 3.63) is 71.8 Å². The molecule has 0 bridgehead atoms. The van der Waals surface area contributed by atoms with E-state index in [9.17, 15) is 18.0 Å². The summed E-state index contributed by atoms with van der Waals surface area (Å²) < 4.78 is 36.7. The largest absolute Gasteiger partial charge is 0.452 e. The lowest BCUT2D eigenvalue weighted by atomic mass is 10.2. The summed E-state index contributed by atoms with van der Waals surface area (Å²) in [6.45, 7) is 1.39. The fourth-order valence-electron chi connectivity index (χ4n) is 2.88. The number of rotatable bonds is 8. The third-order valence-corrected chi connectivity index (χ3v) is 6.49. The number of carbonyl (C=O) groups excluding carboxylic acids is 2. The van der Waals surface area contributed by atoms with Crippen LogP contribution in [0.3, 0.4) is 0 Å². The molecule has 3 rings (SSSR count). The number of esters is 1. The number of carbonyl (C=O) groups is 2. The monoisotopic (exact) mass is 444 g/mol. The quantitative estimate of drug-likeness (QED) is 0.490. The van der Waals surface area contributed by atoms with Crippen molar-refractivity contribution < 1.29 is 27.5 Å². The molecule has 1 aliphatic heterocycles. The number of morpholine rings is 1. The van der Waals surface area contributed by atoms with E-state index < -0.39 is 21.9 Å². The lowest BCUT2D eigenvalue weighted by Crippen LogP contribution is -2.40. The smallest absolute Gasteiger partial charge is 0.331 e. The highest BCUT2D eigenvalue weighted by Gasteiger charge is 2.25. The summed E-state index contributed by atoms with van der Waals surface area (Å²) in [6, 6.07) is 15.6. The lowest BCUT2D eigenvalue weighted by molar-refractivity contribution is -0.143. The minimum atomic E-state index is -3.56. The number of amides is 1. The van der Waals surface area contributed by atoms with Crippen LogP contribution in [0.2, 0.25) is 0 Å². The number of hydrogen-bond donors (Lipinski definition) is 1. The molecule has 1 heterocycles. The van der Waals surface area contributed by atoms with Crippen LogP contribution in [0.4, 0.5) is 0 Å². The van der Waals surface area contributed by atoms with Gasteiger partial charge >= 0.3 is 5.97 Å². The van der Waals surface area contributed by atoms with Crippen molar-refractivity contribution in [1.82, 2.24) is 9.62 Å². The van der Waals surface area contributed by atoms with Crippen LogP contribution in [-0.4, -0.2) is 57.5 Å². The maximum atomic E-state index is 12.6. The fraction of sp³-hybridized carbons (Fsp3) is 0.273. The van der Waals surface area contributed by atoms with E-state index in [1.54, 1.807) is 12.1 Å². The van der Waals surface area contributed by atoms with Gasteiger partial charge in [0.05, 0.1) is 18.1 Å². The standard InChI is InChI=1S/C22H24N2O6S/c25-21(23-16-19-4-2-1-3-5-19)17-30-22(26)11-8-18-6-9-20(10-7-18)31(27,28)24-12-14-29-15-13-24/h1-11H,12-17H2,(H,23,25)/b11-8+. The Labute approximate surface area is 181 Å². The highest BCUT2D eigenvalue weighted by Crippen LogP contribution is 2.18. The molecule has 0 aromatic heterocycles. The second kappa shape index (κ2) is 10.9. The third kappa shape index (κ3) is 6.74. The highest BCUT2D eigenvalue weighted by atomic mass is 32.2. The Morgan fingerprint density at radius 3 is 2.39 bits per heavy atom. The topological polar surface area (TPSA) is 102 Å². The molecule has 0 radical (unpaired) electrons. The molecule has 1 aliphatic rings. The van der Waals surface area contributed by atoms with E-state index in [1.807, 2.05) is 30.3 Å². The van der Waals surface area contributed by atoms with Gasteiger partial charge in [0.1, 0.15) is 0 Å². The first-order valence-electron chi connectivity index (χ1n) is 9.78. The molecule has 1 amide bonds. The van der Waals surface area contributed by atoms with E-state index in [0.29, 0.717) is 38.4 Å². The summed E-state index contributed by atoms with van der Waals surface area (Å²) in [4.78, 5) is 23.8. The van der Waals surface area contributed by atoms with Crippen LogP contribution in [0.5, 0.6) is 0 Å². The first-order chi connectivity index (χ1) is 14.9. The Morgan fingerprint density at radius 2 is 1.71 bits per heavy atom. The number of nitrogens with zero attached hydrogens (tertiary/aromatic N) is 1. The molecule has 0 saturated carbocycles. The molecule has 8 nitrogen and oxygen atoms in total. The first-order valence-corrected chi connectivity index (χ1v) is 11.2. The predicted molar refractivity (Wildman–Crippen MR) is 114 cm³/mol. The molecule has 31 heavy (non-hydrogen) atoms. The minimum Gasteiger partial charge on any atom is -0.452 e. The van der Waals surface area contributed by atoms with Crippen LogP contribution < -0.4 is 5.32 Å². The second-order valence-electron chi connectivity index (χ2n) is 6.79. The van der Waals surface area contributed by atoms with E-state index in [2.05, 4.69) is 5.32 Å². The Kier molecular flexibility index (Phi) is 7.94. The van der Waals surface area contributed by atoms with Crippen molar-refractivity contribution in [2.24, 2.45) is 0 Å². The van der Waals surface area contributed by atoms with Crippen LogP contribution in [0.1, 0.15) is 11.1 Å². The van der Waals surface area contributed by atoms with Crippen molar-refractivity contribution in [2.45, 2.75) is 11.4 Å². The number of benzene rings is 2. The normalized spacial score (nSPS) is 15.0. The lowest BCUT2D eigenvalue weighted by Gasteiger charge is -2.26. The van der Waals surface area contributed by atoms with Gasteiger partial charge in [0.25, 0.3) is 5.91 Å². The van der Waals surface area contributed by atoms with Crippen molar-refractivity contribution in [2.75, 3.05) is 32.9 Å². The van der Waals surface area contributed by atoms with Gasteiger partial charge in [-0.1, -0.05) is 42.5 Å². The number of hydrogen-bond acceptors (Lipinski definition) is 6. The highest BCUT2D eigenvalue weighted by molar-refractivity contribution is 7.89. The molecule has 0 unspecified atom stereocenters. The number of ether oxygens (including phenoxy) is 2. The molecule has 164 valence electrons. The second-order valence-corrected chi connectivity index (χ2v) is 8.73. The maximum Gasteiger partial charge on any atom is 0.331 e. The number of nitrogens with one attached hydrogen (secondary N) is 1. The molecule has 0 atom stereocenters. The van der Waals surface area contributed by atoms with E-state index in [-0.39, 0.29) is 11.5 Å². The van der Waals surface area contributed by atoms with Crippen LogP contribution in [-0.2, 0) is 35.6 Å². The Morgan fingerprint density at radius 1 is 1.03 bits per heavy atom. The van der Waals surface area contributed by atoms with Gasteiger partial charge in [0.15, 0.2) is 6.61 Å². The molecule has 0 aliphatic carbocycles. The third-order valence-electron chi connectivity index (χ3n) is 4.58. The van der Waals surface area contributed by atoms with Crippen molar-refractivity contribution in [3.63, 3.8) is 0 Å². The van der Waals surface area contributed by atoms with Gasteiger partial charge in [-0.2, -0.15) is 4.31 Å². The summed E-state index contributed by atoms with van der Waals surface area (Å²) >= 11 is 0. The van der Waals surface area contributed by atoms with Gasteiger partial charge in [-0.25, -0.2) is 13.2 Å². The van der Waals surface area contributed by atoms with Crippen molar-refractivity contribution in [3.8, 4) is 0 Å². The van der Waals surface area contributed by atoms with Crippen molar-refractivity contribution in [1.29, 1.82) is 0 Å². The van der Waals surface area contributed by atoms with E-state index >= 15 is 0 Å². The molecule has 2 aromatic carbocycles. The van der Waals surface area contributed by atoms with Gasteiger partial charge < -0.3 is 14.8 Å². The molecule has 1 saturated heterocycles. The van der Waals surface area contributed by atoms with E-state index in [1.165, 1.54) is 28.6 Å². The molecule has 2 aromatic rings. The zero-order chi connectivity index (χ0) is 22.1. The molecule has 0 spiro atoms. The molecule has 1 N–H and O–H groups in total. The summed E-state index contributed by atoms with van der Waals surface area (Å²) in [7, 11) is -3.56. The van der Waals surface area contributed by atoms with Crippen LogP contribution in [0, 0.1) is 0 Å². The van der Waals surface area contributed by atoms with E-state index in [4.69, 9.17) is 9.47 Å². The van der Waals surface area contributed by atoms with Crippen LogP contribution in [0.15, 0.2) is 65.6 Å². The summed E-state index contributed by atoms with van der Waals surface area (Å²) in [5.74, 6) is -1.07. The van der Waals surface area contributed by atoms with Gasteiger partial charge in [0, 0.05) is 25.7 Å². The Hall–Kier alpha value is -3.01. The zero-order valence-corrected chi connectivity index (χ0v) is 17.7. The van der Waals surface area contributed by atoms with Crippen LogP contribution >= 0.6 is 0 Å². The summed E-state index contributed by atoms with van der Waals surface area (Å²) in [5.41, 5.74) is 1.58. The van der Waals surface area contributed by atoms with Crippen molar-refractivity contribution >= 4 is 28.0 Å². The van der Waals surface area contributed by atoms with Gasteiger partial charge in [-0.15, -0.1) is 0 Å². The summed E-state index contributed by atoms with van der Waals surface area (Å²) in [5, 5.41) is 2.67. The summed E-state index contributed by atoms with van der Waals surface area (Å²) in [6.07, 6.45) is 2.69. The maximum absolute atomic E-state index is 12.6. The fourth-order valence-corrected chi connectivity index (χ4v) is 4.29. The zero-order valence-electron chi connectivity index (χ0n) is 16.9. The molecule has 1 fully saturated rings. The average Bonchev–Trinajstić information content (AvgIpc) is 2.81. The Balaban J connectivity index is 1.46. The Bertz CT molecular complexity index is 1010. The van der Waals surface area contributed by atoms with Gasteiger partial charge in [0.2, 0.25) is 10.0 Å². The molecular formula is C22H24N2O6S. The minimum absolute atomic E-state index is 0.184. The SMILES string of the molecule is O=C(COC(=O)/C=C/c1ccc(S(=O)(=O)N2CCOCC2)cc1)NCc1ccccc1. The van der Waals surface area contributed by atoms with Gasteiger partial charge in [-0.05, 0) is 29.3 Å².